The van der Waals surface area contributed by atoms with Crippen LogP contribution in [0.1, 0.15) is 23.7 Å². The highest BCUT2D eigenvalue weighted by Gasteiger charge is 2.10. The van der Waals surface area contributed by atoms with Crippen molar-refractivity contribution in [1.82, 2.24) is 4.90 Å². The molecule has 148 valence electrons. The van der Waals surface area contributed by atoms with Crippen LogP contribution < -0.4 is 5.32 Å². The van der Waals surface area contributed by atoms with Crippen LogP contribution in [0.2, 0.25) is 0 Å². The molecule has 0 aromatic heterocycles. The number of amides is 2. The molecule has 0 fully saturated rings. The molecule has 0 aliphatic heterocycles. The third-order valence-corrected chi connectivity index (χ3v) is 4.18. The van der Waals surface area contributed by atoms with Crippen LogP contribution in [-0.4, -0.2) is 67.5 Å². The molecule has 0 aliphatic rings. The first kappa shape index (κ1) is 22.5. The van der Waals surface area contributed by atoms with E-state index in [4.69, 9.17) is 9.47 Å². The van der Waals surface area contributed by atoms with Gasteiger partial charge in [-0.25, -0.2) is 4.79 Å². The van der Waals surface area contributed by atoms with E-state index in [2.05, 4.69) is 5.32 Å². The Morgan fingerprint density at radius 1 is 1.07 bits per heavy atom. The van der Waals surface area contributed by atoms with E-state index in [9.17, 15) is 19.2 Å². The minimum absolute atomic E-state index is 0.118. The third kappa shape index (κ3) is 9.09. The van der Waals surface area contributed by atoms with Crippen LogP contribution in [0.15, 0.2) is 24.3 Å². The second-order valence-electron chi connectivity index (χ2n) is 5.60. The Morgan fingerprint density at radius 3 is 2.33 bits per heavy atom. The predicted molar refractivity (Wildman–Crippen MR) is 103 cm³/mol. The summed E-state index contributed by atoms with van der Waals surface area (Å²) in [6.07, 6.45) is 0.118. The van der Waals surface area contributed by atoms with Gasteiger partial charge in [0.1, 0.15) is 0 Å². The Kier molecular flexibility index (Phi) is 9.95. The van der Waals surface area contributed by atoms with Crippen molar-refractivity contribution in [3.8, 4) is 0 Å². The smallest absolute Gasteiger partial charge is 0.338 e. The molecule has 1 rings (SSSR count). The molecule has 1 aromatic carbocycles. The summed E-state index contributed by atoms with van der Waals surface area (Å²) in [4.78, 5) is 47.6. The van der Waals surface area contributed by atoms with E-state index in [1.807, 2.05) is 0 Å². The molecule has 27 heavy (non-hydrogen) atoms. The Morgan fingerprint density at radius 2 is 1.74 bits per heavy atom. The van der Waals surface area contributed by atoms with E-state index >= 15 is 0 Å². The SMILES string of the molecule is CCOC(=O)c1ccc(NC(=O)CSCCC(=O)OCC(=O)N(C)C)cc1. The highest BCUT2D eigenvalue weighted by atomic mass is 32.2. The van der Waals surface area contributed by atoms with Crippen molar-refractivity contribution in [3.05, 3.63) is 29.8 Å². The number of carbonyl (C=O) groups is 4. The van der Waals surface area contributed by atoms with Crippen LogP contribution in [0.5, 0.6) is 0 Å². The Balaban J connectivity index is 2.24. The maximum atomic E-state index is 11.9. The maximum Gasteiger partial charge on any atom is 0.338 e. The first-order valence-electron chi connectivity index (χ1n) is 8.34. The summed E-state index contributed by atoms with van der Waals surface area (Å²) >= 11 is 1.28. The molecule has 1 aromatic rings. The van der Waals surface area contributed by atoms with Crippen LogP contribution in [0.3, 0.4) is 0 Å². The first-order chi connectivity index (χ1) is 12.8. The first-order valence-corrected chi connectivity index (χ1v) is 9.49. The van der Waals surface area contributed by atoms with Crippen molar-refractivity contribution in [2.24, 2.45) is 0 Å². The summed E-state index contributed by atoms with van der Waals surface area (Å²) in [5.41, 5.74) is 0.978. The molecule has 8 nitrogen and oxygen atoms in total. The van der Waals surface area contributed by atoms with Gasteiger partial charge in [0.25, 0.3) is 5.91 Å². The van der Waals surface area contributed by atoms with Crippen molar-refractivity contribution < 1.29 is 28.7 Å². The highest BCUT2D eigenvalue weighted by Crippen LogP contribution is 2.12. The fourth-order valence-electron chi connectivity index (χ4n) is 1.77. The fraction of sp³-hybridized carbons (Fsp3) is 0.444. The van der Waals surface area contributed by atoms with E-state index in [0.29, 0.717) is 23.6 Å². The average molecular weight is 396 g/mol. The topological polar surface area (TPSA) is 102 Å². The van der Waals surface area contributed by atoms with Gasteiger partial charge >= 0.3 is 11.9 Å². The monoisotopic (exact) mass is 396 g/mol. The van der Waals surface area contributed by atoms with Gasteiger partial charge in [-0.3, -0.25) is 14.4 Å². The minimum Gasteiger partial charge on any atom is -0.462 e. The molecular weight excluding hydrogens is 372 g/mol. The zero-order valence-corrected chi connectivity index (χ0v) is 16.5. The number of hydrogen-bond donors (Lipinski definition) is 1. The second-order valence-corrected chi connectivity index (χ2v) is 6.70. The van der Waals surface area contributed by atoms with Crippen LogP contribution >= 0.6 is 11.8 Å². The van der Waals surface area contributed by atoms with Crippen molar-refractivity contribution in [2.75, 3.05) is 44.1 Å². The summed E-state index contributed by atoms with van der Waals surface area (Å²) in [7, 11) is 3.16. The lowest BCUT2D eigenvalue weighted by molar-refractivity contribution is -0.150. The summed E-state index contributed by atoms with van der Waals surface area (Å²) in [5, 5.41) is 2.70. The maximum absolute atomic E-state index is 11.9. The summed E-state index contributed by atoms with van der Waals surface area (Å²) in [6, 6.07) is 6.39. The number of rotatable bonds is 10. The normalized spacial score (nSPS) is 10.0. The number of thioether (sulfide) groups is 1. The van der Waals surface area contributed by atoms with E-state index < -0.39 is 11.9 Å². The molecular formula is C18H24N2O6S. The number of ether oxygens (including phenoxy) is 2. The standard InChI is InChI=1S/C18H24N2O6S/c1-4-25-18(24)13-5-7-14(8-6-13)19-15(21)12-27-10-9-17(23)26-11-16(22)20(2)3/h5-8H,4,9-12H2,1-3H3,(H,19,21). The molecule has 0 unspecified atom stereocenters. The lowest BCUT2D eigenvalue weighted by Crippen LogP contribution is -2.27. The zero-order valence-electron chi connectivity index (χ0n) is 15.6. The molecule has 0 spiro atoms. The molecule has 0 aliphatic carbocycles. The van der Waals surface area contributed by atoms with Gasteiger partial charge in [-0.05, 0) is 31.2 Å². The molecule has 9 heteroatoms. The number of esters is 2. The van der Waals surface area contributed by atoms with E-state index in [1.165, 1.54) is 16.7 Å². The Hall–Kier alpha value is -2.55. The van der Waals surface area contributed by atoms with E-state index in [1.54, 1.807) is 45.3 Å². The van der Waals surface area contributed by atoms with Crippen molar-refractivity contribution in [1.29, 1.82) is 0 Å². The van der Waals surface area contributed by atoms with Crippen LogP contribution in [-0.2, 0) is 23.9 Å². The van der Waals surface area contributed by atoms with Gasteiger partial charge in [0.15, 0.2) is 6.61 Å². The molecule has 1 N–H and O–H groups in total. The molecule has 0 atom stereocenters. The number of anilines is 1. The minimum atomic E-state index is -0.479. The summed E-state index contributed by atoms with van der Waals surface area (Å²) < 4.78 is 9.72. The number of hydrogen-bond acceptors (Lipinski definition) is 7. The lowest BCUT2D eigenvalue weighted by atomic mass is 10.2. The van der Waals surface area contributed by atoms with E-state index in [0.717, 1.165) is 0 Å². The van der Waals surface area contributed by atoms with Gasteiger partial charge in [0, 0.05) is 25.5 Å². The van der Waals surface area contributed by atoms with Gasteiger partial charge in [-0.2, -0.15) is 11.8 Å². The van der Waals surface area contributed by atoms with Gasteiger partial charge in [0.05, 0.1) is 24.3 Å². The molecule has 0 saturated carbocycles. The van der Waals surface area contributed by atoms with Crippen LogP contribution in [0.4, 0.5) is 5.69 Å². The lowest BCUT2D eigenvalue weighted by Gasteiger charge is -2.10. The van der Waals surface area contributed by atoms with E-state index in [-0.39, 0.29) is 30.6 Å². The molecule has 0 radical (unpaired) electrons. The van der Waals surface area contributed by atoms with Crippen LogP contribution in [0.25, 0.3) is 0 Å². The summed E-state index contributed by atoms with van der Waals surface area (Å²) in [6.45, 7) is 1.75. The average Bonchev–Trinajstić information content (AvgIpc) is 2.64. The van der Waals surface area contributed by atoms with Crippen molar-refractivity contribution in [2.45, 2.75) is 13.3 Å². The predicted octanol–water partition coefficient (Wildman–Crippen LogP) is 1.56. The van der Waals surface area contributed by atoms with Gasteiger partial charge in [0.2, 0.25) is 5.91 Å². The molecule has 2 amide bonds. The Labute approximate surface area is 162 Å². The number of benzene rings is 1. The quantitative estimate of drug-likeness (QED) is 0.473. The van der Waals surface area contributed by atoms with Gasteiger partial charge < -0.3 is 19.7 Å². The summed E-state index contributed by atoms with van der Waals surface area (Å²) in [5.74, 6) is -0.824. The number of nitrogens with one attached hydrogen (secondary N) is 1. The number of likely N-dealkylation sites (N-methyl/N-ethyl adjacent to an activating group) is 1. The number of nitrogens with zero attached hydrogens (tertiary/aromatic N) is 1. The van der Waals surface area contributed by atoms with Gasteiger partial charge in [-0.15, -0.1) is 0 Å². The largest absolute Gasteiger partial charge is 0.462 e. The Bertz CT molecular complexity index is 660. The molecule has 0 bridgehead atoms. The number of carbonyl (C=O) groups excluding carboxylic acids is 4. The third-order valence-electron chi connectivity index (χ3n) is 3.22. The zero-order chi connectivity index (χ0) is 20.2. The van der Waals surface area contributed by atoms with Crippen LogP contribution in [0, 0.1) is 0 Å². The van der Waals surface area contributed by atoms with Crippen molar-refractivity contribution >= 4 is 41.2 Å². The molecule has 0 saturated heterocycles. The fourth-order valence-corrected chi connectivity index (χ4v) is 2.48. The van der Waals surface area contributed by atoms with Gasteiger partial charge in [-0.1, -0.05) is 0 Å². The highest BCUT2D eigenvalue weighted by molar-refractivity contribution is 7.99. The second kappa shape index (κ2) is 11.9. The van der Waals surface area contributed by atoms with Crippen molar-refractivity contribution in [3.63, 3.8) is 0 Å². The molecule has 0 heterocycles.